The lowest BCUT2D eigenvalue weighted by Gasteiger charge is -2.12. The normalized spacial score (nSPS) is 12.2. The summed E-state index contributed by atoms with van der Waals surface area (Å²) in [7, 11) is 1.65. The predicted molar refractivity (Wildman–Crippen MR) is 83.0 cm³/mol. The zero-order valence-electron chi connectivity index (χ0n) is 12.2. The number of hydrogen-bond donors (Lipinski definition) is 2. The molecule has 0 saturated heterocycles. The summed E-state index contributed by atoms with van der Waals surface area (Å²) in [4.78, 5) is 8.81. The Balaban J connectivity index is 2.64. The van der Waals surface area contributed by atoms with Crippen LogP contribution in [0.15, 0.2) is 6.07 Å². The second-order valence-corrected chi connectivity index (χ2v) is 5.56. The van der Waals surface area contributed by atoms with Gasteiger partial charge in [0.1, 0.15) is 18.2 Å². The molecule has 5 nitrogen and oxygen atoms in total. The first-order valence-electron chi connectivity index (χ1n) is 6.57. The van der Waals surface area contributed by atoms with Gasteiger partial charge in [0.2, 0.25) is 0 Å². The zero-order valence-corrected chi connectivity index (χ0v) is 13.0. The quantitative estimate of drug-likeness (QED) is 0.727. The summed E-state index contributed by atoms with van der Waals surface area (Å²) in [6.07, 6.45) is 3.25. The van der Waals surface area contributed by atoms with Crippen molar-refractivity contribution in [3.63, 3.8) is 0 Å². The molecule has 0 aliphatic carbocycles. The second kappa shape index (κ2) is 8.98. The number of methoxy groups -OCH3 is 1. The first-order valence-corrected chi connectivity index (χ1v) is 7.85. The van der Waals surface area contributed by atoms with E-state index in [2.05, 4.69) is 33.8 Å². The van der Waals surface area contributed by atoms with Crippen LogP contribution in [0.2, 0.25) is 0 Å². The standard InChI is InChI=1S/C13H24N4OS/c1-5-14-11-8-12(15-7-6-10(2)19-4)17-13(16-11)9-18-3/h8,10H,5-7,9H2,1-4H3,(H2,14,15,16,17). The molecule has 2 N–H and O–H groups in total. The van der Waals surface area contributed by atoms with Gasteiger partial charge in [-0.05, 0) is 19.6 Å². The fourth-order valence-corrected chi connectivity index (χ4v) is 1.93. The van der Waals surface area contributed by atoms with Crippen LogP contribution in [0.1, 0.15) is 26.1 Å². The molecule has 0 bridgehead atoms. The van der Waals surface area contributed by atoms with Crippen molar-refractivity contribution in [1.29, 1.82) is 0 Å². The lowest BCUT2D eigenvalue weighted by Crippen LogP contribution is -2.11. The largest absolute Gasteiger partial charge is 0.377 e. The molecule has 1 aromatic heterocycles. The molecule has 6 heteroatoms. The molecule has 19 heavy (non-hydrogen) atoms. The van der Waals surface area contributed by atoms with Gasteiger partial charge >= 0.3 is 0 Å². The molecular formula is C13H24N4OS. The molecule has 1 rings (SSSR count). The van der Waals surface area contributed by atoms with E-state index in [1.165, 1.54) is 0 Å². The summed E-state index contributed by atoms with van der Waals surface area (Å²) in [5, 5.41) is 7.21. The molecule has 0 aromatic carbocycles. The number of ether oxygens (including phenoxy) is 1. The van der Waals surface area contributed by atoms with Gasteiger partial charge in [-0.2, -0.15) is 11.8 Å². The van der Waals surface area contributed by atoms with Gasteiger partial charge in [0.25, 0.3) is 0 Å². The summed E-state index contributed by atoms with van der Waals surface area (Å²) >= 11 is 1.88. The smallest absolute Gasteiger partial charge is 0.158 e. The van der Waals surface area contributed by atoms with Crippen molar-refractivity contribution in [3.8, 4) is 0 Å². The van der Waals surface area contributed by atoms with Crippen LogP contribution in [0.3, 0.4) is 0 Å². The molecule has 0 saturated carbocycles. The molecule has 0 fully saturated rings. The van der Waals surface area contributed by atoms with E-state index in [4.69, 9.17) is 4.74 Å². The van der Waals surface area contributed by atoms with Crippen molar-refractivity contribution in [1.82, 2.24) is 9.97 Å². The van der Waals surface area contributed by atoms with Crippen molar-refractivity contribution in [2.75, 3.05) is 37.1 Å². The number of rotatable bonds is 9. The maximum atomic E-state index is 5.09. The Bertz CT molecular complexity index is 351. The van der Waals surface area contributed by atoms with Crippen molar-refractivity contribution in [3.05, 3.63) is 11.9 Å². The zero-order chi connectivity index (χ0) is 14.1. The van der Waals surface area contributed by atoms with Gasteiger partial charge in [-0.25, -0.2) is 9.97 Å². The molecule has 0 aliphatic heterocycles. The summed E-state index contributed by atoms with van der Waals surface area (Å²) < 4.78 is 5.09. The lowest BCUT2D eigenvalue weighted by atomic mass is 10.3. The van der Waals surface area contributed by atoms with Crippen LogP contribution in [-0.2, 0) is 11.3 Å². The summed E-state index contributed by atoms with van der Waals surface area (Å²) in [6, 6.07) is 1.94. The molecule has 1 heterocycles. The van der Waals surface area contributed by atoms with Crippen LogP contribution in [0.4, 0.5) is 11.6 Å². The third-order valence-corrected chi connectivity index (χ3v) is 3.70. The van der Waals surface area contributed by atoms with Gasteiger partial charge < -0.3 is 15.4 Å². The van der Waals surface area contributed by atoms with E-state index in [-0.39, 0.29) is 0 Å². The third kappa shape index (κ3) is 6.11. The maximum Gasteiger partial charge on any atom is 0.158 e. The van der Waals surface area contributed by atoms with Crippen LogP contribution in [0, 0.1) is 0 Å². The van der Waals surface area contributed by atoms with E-state index < -0.39 is 0 Å². The van der Waals surface area contributed by atoms with E-state index >= 15 is 0 Å². The van der Waals surface area contributed by atoms with Gasteiger partial charge in [-0.15, -0.1) is 0 Å². The Morgan fingerprint density at radius 1 is 1.32 bits per heavy atom. The van der Waals surface area contributed by atoms with Crippen molar-refractivity contribution in [2.24, 2.45) is 0 Å². The highest BCUT2D eigenvalue weighted by atomic mass is 32.2. The Morgan fingerprint density at radius 3 is 2.58 bits per heavy atom. The summed E-state index contributed by atoms with van der Waals surface area (Å²) in [6.45, 7) is 6.45. The van der Waals surface area contributed by atoms with Gasteiger partial charge in [-0.3, -0.25) is 0 Å². The number of nitrogens with zero attached hydrogens (tertiary/aromatic N) is 2. The Morgan fingerprint density at radius 2 is 2.00 bits per heavy atom. The summed E-state index contributed by atoms with van der Waals surface area (Å²) in [5.41, 5.74) is 0. The number of aromatic nitrogens is 2. The Kier molecular flexibility index (Phi) is 7.59. The van der Waals surface area contributed by atoms with Gasteiger partial charge in [0.05, 0.1) is 0 Å². The highest BCUT2D eigenvalue weighted by Gasteiger charge is 2.05. The molecule has 0 radical (unpaired) electrons. The van der Waals surface area contributed by atoms with Crippen LogP contribution in [-0.4, -0.2) is 41.7 Å². The van der Waals surface area contributed by atoms with Crippen molar-refractivity contribution < 1.29 is 4.74 Å². The molecule has 0 aliphatic rings. The van der Waals surface area contributed by atoms with Crippen molar-refractivity contribution in [2.45, 2.75) is 32.1 Å². The SMILES string of the molecule is CCNc1cc(NCCC(C)SC)nc(COC)n1. The molecule has 108 valence electrons. The summed E-state index contributed by atoms with van der Waals surface area (Å²) in [5.74, 6) is 2.39. The molecule has 1 atom stereocenters. The first-order chi connectivity index (χ1) is 9.19. The van der Waals surface area contributed by atoms with E-state index in [9.17, 15) is 0 Å². The maximum absolute atomic E-state index is 5.09. The highest BCUT2D eigenvalue weighted by Crippen LogP contribution is 2.14. The van der Waals surface area contributed by atoms with Crippen LogP contribution in [0.25, 0.3) is 0 Å². The predicted octanol–water partition coefficient (Wildman–Crippen LogP) is 2.61. The highest BCUT2D eigenvalue weighted by molar-refractivity contribution is 7.99. The van der Waals surface area contributed by atoms with E-state index in [1.54, 1.807) is 7.11 Å². The van der Waals surface area contributed by atoms with E-state index in [1.807, 2.05) is 24.8 Å². The van der Waals surface area contributed by atoms with Crippen LogP contribution < -0.4 is 10.6 Å². The number of thioether (sulfide) groups is 1. The number of hydrogen-bond acceptors (Lipinski definition) is 6. The average molecular weight is 284 g/mol. The van der Waals surface area contributed by atoms with E-state index in [0.29, 0.717) is 17.7 Å². The van der Waals surface area contributed by atoms with Gasteiger partial charge in [-0.1, -0.05) is 6.92 Å². The minimum absolute atomic E-state index is 0.426. The fourth-order valence-electron chi connectivity index (χ4n) is 1.57. The van der Waals surface area contributed by atoms with Crippen LogP contribution in [0.5, 0.6) is 0 Å². The topological polar surface area (TPSA) is 59.1 Å². The monoisotopic (exact) mass is 284 g/mol. The molecule has 1 aromatic rings. The van der Waals surface area contributed by atoms with Gasteiger partial charge in [0, 0.05) is 31.5 Å². The van der Waals surface area contributed by atoms with E-state index in [0.717, 1.165) is 31.1 Å². The third-order valence-electron chi connectivity index (χ3n) is 2.66. The molecular weight excluding hydrogens is 260 g/mol. The van der Waals surface area contributed by atoms with Crippen LogP contribution >= 0.6 is 11.8 Å². The molecule has 0 amide bonds. The minimum Gasteiger partial charge on any atom is -0.377 e. The Labute approximate surface area is 119 Å². The fraction of sp³-hybridized carbons (Fsp3) is 0.692. The minimum atomic E-state index is 0.426. The number of nitrogens with one attached hydrogen (secondary N) is 2. The lowest BCUT2D eigenvalue weighted by molar-refractivity contribution is 0.178. The Hall–Kier alpha value is -1.01. The molecule has 1 unspecified atom stereocenters. The van der Waals surface area contributed by atoms with Gasteiger partial charge in [0.15, 0.2) is 5.82 Å². The first kappa shape index (κ1) is 16.0. The molecule has 0 spiro atoms. The number of anilines is 2. The average Bonchev–Trinajstić information content (AvgIpc) is 2.39. The second-order valence-electron chi connectivity index (χ2n) is 4.28. The van der Waals surface area contributed by atoms with Crippen molar-refractivity contribution >= 4 is 23.4 Å².